The van der Waals surface area contributed by atoms with Gasteiger partial charge in [0.25, 0.3) is 0 Å². The molecule has 1 saturated heterocycles. The molecule has 0 unspecified atom stereocenters. The number of guanidine groups is 1. The Balaban J connectivity index is 1.39. The molecule has 0 amide bonds. The molecule has 8 nitrogen and oxygen atoms in total. The van der Waals surface area contributed by atoms with Gasteiger partial charge in [0.2, 0.25) is 16.8 Å². The molecule has 1 fully saturated rings. The lowest BCUT2D eigenvalue weighted by Crippen LogP contribution is -2.44. The Morgan fingerprint density at radius 2 is 1.93 bits per heavy atom. The minimum Gasteiger partial charge on any atom is -0.454 e. The molecule has 3 rings (SSSR count). The SMILES string of the molecule is CN=C(NCCc1ccc2c(c1)OCO2)NCCS(=O)(=O)N1CCSCC1. The van der Waals surface area contributed by atoms with E-state index in [1.165, 1.54) is 0 Å². The Kier molecular flexibility index (Phi) is 7.08. The van der Waals surface area contributed by atoms with Crippen LogP contribution >= 0.6 is 11.8 Å². The highest BCUT2D eigenvalue weighted by Gasteiger charge is 2.23. The molecule has 27 heavy (non-hydrogen) atoms. The molecule has 0 aromatic heterocycles. The van der Waals surface area contributed by atoms with E-state index >= 15 is 0 Å². The predicted molar refractivity (Wildman–Crippen MR) is 108 cm³/mol. The van der Waals surface area contributed by atoms with Crippen LogP contribution in [0.3, 0.4) is 0 Å². The first-order chi connectivity index (χ1) is 13.1. The second-order valence-corrected chi connectivity index (χ2v) is 9.50. The van der Waals surface area contributed by atoms with Crippen molar-refractivity contribution >= 4 is 27.7 Å². The van der Waals surface area contributed by atoms with Crippen LogP contribution in [0, 0.1) is 0 Å². The Morgan fingerprint density at radius 3 is 2.70 bits per heavy atom. The summed E-state index contributed by atoms with van der Waals surface area (Å²) in [6, 6.07) is 5.90. The minimum atomic E-state index is -3.21. The van der Waals surface area contributed by atoms with Crippen LogP contribution in [0.2, 0.25) is 0 Å². The molecule has 10 heteroatoms. The lowest BCUT2D eigenvalue weighted by atomic mass is 10.1. The topological polar surface area (TPSA) is 92.3 Å². The van der Waals surface area contributed by atoms with Crippen molar-refractivity contribution in [2.24, 2.45) is 4.99 Å². The maximum atomic E-state index is 12.3. The molecular weight excluding hydrogens is 388 g/mol. The summed E-state index contributed by atoms with van der Waals surface area (Å²) in [6.07, 6.45) is 0.793. The molecule has 0 atom stereocenters. The van der Waals surface area contributed by atoms with Crippen molar-refractivity contribution in [3.63, 3.8) is 0 Å². The number of nitrogens with one attached hydrogen (secondary N) is 2. The average Bonchev–Trinajstić information content (AvgIpc) is 3.15. The van der Waals surface area contributed by atoms with Gasteiger partial charge in [-0.1, -0.05) is 6.07 Å². The molecule has 2 aliphatic heterocycles. The van der Waals surface area contributed by atoms with Crippen molar-refractivity contribution in [1.29, 1.82) is 0 Å². The number of sulfonamides is 1. The van der Waals surface area contributed by atoms with Crippen molar-refractivity contribution in [2.45, 2.75) is 6.42 Å². The molecule has 1 aromatic carbocycles. The van der Waals surface area contributed by atoms with Crippen LogP contribution in [0.1, 0.15) is 5.56 Å². The molecule has 2 N–H and O–H groups in total. The van der Waals surface area contributed by atoms with Gasteiger partial charge in [-0.25, -0.2) is 12.7 Å². The summed E-state index contributed by atoms with van der Waals surface area (Å²) in [7, 11) is -1.53. The Bertz CT molecular complexity index is 764. The monoisotopic (exact) mass is 414 g/mol. The summed E-state index contributed by atoms with van der Waals surface area (Å²) in [6.45, 7) is 2.49. The van der Waals surface area contributed by atoms with E-state index in [0.717, 1.165) is 35.0 Å². The first kappa shape index (κ1) is 20.1. The van der Waals surface area contributed by atoms with Gasteiger partial charge in [-0.3, -0.25) is 4.99 Å². The fraction of sp³-hybridized carbons (Fsp3) is 0.588. The lowest BCUT2D eigenvalue weighted by Gasteiger charge is -2.25. The largest absolute Gasteiger partial charge is 0.454 e. The quantitative estimate of drug-likeness (QED) is 0.496. The van der Waals surface area contributed by atoms with E-state index in [-0.39, 0.29) is 12.5 Å². The number of fused-ring (bicyclic) bond motifs is 1. The Labute approximate surface area is 164 Å². The molecule has 0 aliphatic carbocycles. The summed E-state index contributed by atoms with van der Waals surface area (Å²) in [5, 5.41) is 6.28. The van der Waals surface area contributed by atoms with Crippen LogP contribution in [-0.2, 0) is 16.4 Å². The fourth-order valence-corrected chi connectivity index (χ4v) is 5.39. The molecule has 0 spiro atoms. The molecule has 0 bridgehead atoms. The van der Waals surface area contributed by atoms with Gasteiger partial charge in [-0.15, -0.1) is 0 Å². The van der Waals surface area contributed by atoms with Crippen molar-refractivity contribution in [1.82, 2.24) is 14.9 Å². The van der Waals surface area contributed by atoms with Crippen LogP contribution in [-0.4, -0.2) is 76.0 Å². The molecule has 0 radical (unpaired) electrons. The number of ether oxygens (including phenoxy) is 2. The zero-order chi connectivity index (χ0) is 19.1. The lowest BCUT2D eigenvalue weighted by molar-refractivity contribution is 0.174. The summed E-state index contributed by atoms with van der Waals surface area (Å²) in [5.74, 6) is 3.96. The number of hydrogen-bond acceptors (Lipinski definition) is 6. The van der Waals surface area contributed by atoms with Gasteiger partial charge < -0.3 is 20.1 Å². The molecule has 2 aliphatic rings. The van der Waals surface area contributed by atoms with Crippen molar-refractivity contribution < 1.29 is 17.9 Å². The van der Waals surface area contributed by atoms with E-state index in [1.54, 1.807) is 23.1 Å². The second kappa shape index (κ2) is 9.52. The van der Waals surface area contributed by atoms with Gasteiger partial charge in [0, 0.05) is 44.7 Å². The van der Waals surface area contributed by atoms with Gasteiger partial charge >= 0.3 is 0 Å². The molecule has 1 aromatic rings. The summed E-state index contributed by atoms with van der Waals surface area (Å²) in [5.41, 5.74) is 1.13. The zero-order valence-electron chi connectivity index (χ0n) is 15.4. The van der Waals surface area contributed by atoms with Crippen molar-refractivity contribution in [3.8, 4) is 11.5 Å². The fourth-order valence-electron chi connectivity index (χ4n) is 2.89. The third kappa shape index (κ3) is 5.66. The molecule has 150 valence electrons. The predicted octanol–water partition coefficient (Wildman–Crippen LogP) is 0.501. The Morgan fingerprint density at radius 1 is 1.19 bits per heavy atom. The van der Waals surface area contributed by atoms with Gasteiger partial charge in [-0.05, 0) is 24.1 Å². The first-order valence-electron chi connectivity index (χ1n) is 8.97. The number of aliphatic imine (C=N–C) groups is 1. The second-order valence-electron chi connectivity index (χ2n) is 6.19. The highest BCUT2D eigenvalue weighted by atomic mass is 32.2. The smallest absolute Gasteiger partial charge is 0.231 e. The number of benzene rings is 1. The van der Waals surface area contributed by atoms with E-state index in [1.807, 2.05) is 18.2 Å². The number of rotatable bonds is 7. The number of nitrogens with zero attached hydrogens (tertiary/aromatic N) is 2. The summed E-state index contributed by atoms with van der Waals surface area (Å²) in [4.78, 5) is 4.15. The number of hydrogen-bond donors (Lipinski definition) is 2. The minimum absolute atomic E-state index is 0.0700. The maximum Gasteiger partial charge on any atom is 0.231 e. The van der Waals surface area contributed by atoms with Crippen LogP contribution in [0.15, 0.2) is 23.2 Å². The van der Waals surface area contributed by atoms with Gasteiger partial charge in [0.15, 0.2) is 17.5 Å². The molecule has 0 saturated carbocycles. The molecular formula is C17H26N4O4S2. The number of thioether (sulfide) groups is 1. The normalized spacial score (nSPS) is 17.7. The molecule has 2 heterocycles. The van der Waals surface area contributed by atoms with Crippen molar-refractivity contribution in [2.75, 3.05) is 57.3 Å². The van der Waals surface area contributed by atoms with Crippen LogP contribution in [0.25, 0.3) is 0 Å². The highest BCUT2D eigenvalue weighted by molar-refractivity contribution is 7.99. The standard InChI is InChI=1S/C17H26N4O4S2/c1-18-17(20-6-11-27(22,23)21-7-9-26-10-8-21)19-5-4-14-2-3-15-16(12-14)25-13-24-15/h2-3,12H,4-11,13H2,1H3,(H2,18,19,20). The van der Waals surface area contributed by atoms with Gasteiger partial charge in [0.05, 0.1) is 5.75 Å². The van der Waals surface area contributed by atoms with E-state index in [4.69, 9.17) is 9.47 Å². The Hall–Kier alpha value is -1.65. The first-order valence-corrected chi connectivity index (χ1v) is 11.7. The van der Waals surface area contributed by atoms with Gasteiger partial charge in [0.1, 0.15) is 0 Å². The van der Waals surface area contributed by atoms with E-state index in [9.17, 15) is 8.42 Å². The van der Waals surface area contributed by atoms with E-state index in [0.29, 0.717) is 32.1 Å². The van der Waals surface area contributed by atoms with E-state index in [2.05, 4.69) is 15.6 Å². The third-order valence-corrected chi connectivity index (χ3v) is 7.20. The van der Waals surface area contributed by atoms with Crippen LogP contribution in [0.4, 0.5) is 0 Å². The van der Waals surface area contributed by atoms with Crippen LogP contribution in [0.5, 0.6) is 11.5 Å². The summed E-state index contributed by atoms with van der Waals surface area (Å²) < 4.78 is 37.0. The van der Waals surface area contributed by atoms with Crippen molar-refractivity contribution in [3.05, 3.63) is 23.8 Å². The third-order valence-electron chi connectivity index (χ3n) is 4.38. The summed E-state index contributed by atoms with van der Waals surface area (Å²) >= 11 is 1.80. The van der Waals surface area contributed by atoms with Crippen LogP contribution < -0.4 is 20.1 Å². The average molecular weight is 415 g/mol. The maximum absolute atomic E-state index is 12.3. The van der Waals surface area contributed by atoms with E-state index < -0.39 is 10.0 Å². The van der Waals surface area contributed by atoms with Gasteiger partial charge in [-0.2, -0.15) is 11.8 Å². The highest BCUT2D eigenvalue weighted by Crippen LogP contribution is 2.32. The zero-order valence-corrected chi connectivity index (χ0v) is 17.1.